The molecule has 0 aromatic heterocycles. The Morgan fingerprint density at radius 2 is 2.06 bits per heavy atom. The highest BCUT2D eigenvalue weighted by atomic mass is 16.4. The molecule has 0 spiro atoms. The first kappa shape index (κ1) is 13.5. The van der Waals surface area contributed by atoms with Gasteiger partial charge in [0, 0.05) is 13.0 Å². The summed E-state index contributed by atoms with van der Waals surface area (Å²) < 4.78 is 0. The second-order valence-corrected chi connectivity index (χ2v) is 6.00. The molecule has 1 unspecified atom stereocenters. The van der Waals surface area contributed by atoms with Gasteiger partial charge in [-0.2, -0.15) is 0 Å². The first-order chi connectivity index (χ1) is 7.39. The predicted molar refractivity (Wildman–Crippen MR) is 65.5 cm³/mol. The van der Waals surface area contributed by atoms with Crippen LogP contribution < -0.4 is 0 Å². The zero-order valence-corrected chi connectivity index (χ0v) is 10.8. The Balaban J connectivity index is 2.15. The second-order valence-electron chi connectivity index (χ2n) is 6.00. The van der Waals surface area contributed by atoms with Gasteiger partial charge in [0.15, 0.2) is 0 Å². The Labute approximate surface area is 98.8 Å². The quantitative estimate of drug-likeness (QED) is 0.734. The Kier molecular flexibility index (Phi) is 4.78. The summed E-state index contributed by atoms with van der Waals surface area (Å²) in [6, 6.07) is 0. The highest BCUT2D eigenvalue weighted by Crippen LogP contribution is 2.33. The number of unbranched alkanes of at least 4 members (excludes halogenated alkanes) is 1. The van der Waals surface area contributed by atoms with Crippen LogP contribution in [0.5, 0.6) is 0 Å². The fourth-order valence-electron chi connectivity index (χ4n) is 2.35. The fraction of sp³-hybridized carbons (Fsp3) is 0.923. The zero-order valence-electron chi connectivity index (χ0n) is 10.8. The van der Waals surface area contributed by atoms with E-state index in [9.17, 15) is 4.79 Å². The molecule has 0 radical (unpaired) electrons. The van der Waals surface area contributed by atoms with Crippen LogP contribution in [0.1, 0.15) is 46.5 Å². The van der Waals surface area contributed by atoms with Crippen LogP contribution >= 0.6 is 0 Å². The van der Waals surface area contributed by atoms with E-state index in [-0.39, 0.29) is 0 Å². The monoisotopic (exact) mass is 227 g/mol. The number of hydrogen-bond donors (Lipinski definition) is 1. The van der Waals surface area contributed by atoms with Crippen molar-refractivity contribution in [2.75, 3.05) is 19.6 Å². The van der Waals surface area contributed by atoms with Crippen LogP contribution in [0.25, 0.3) is 0 Å². The van der Waals surface area contributed by atoms with Gasteiger partial charge in [-0.25, -0.2) is 0 Å². The minimum absolute atomic E-state index is 0.316. The van der Waals surface area contributed by atoms with Gasteiger partial charge in [0.25, 0.3) is 0 Å². The van der Waals surface area contributed by atoms with Gasteiger partial charge in [-0.05, 0) is 43.7 Å². The van der Waals surface area contributed by atoms with Crippen molar-refractivity contribution in [3.8, 4) is 0 Å². The zero-order chi connectivity index (χ0) is 12.2. The van der Waals surface area contributed by atoms with Gasteiger partial charge in [-0.3, -0.25) is 4.79 Å². The van der Waals surface area contributed by atoms with E-state index in [2.05, 4.69) is 25.7 Å². The molecule has 1 rings (SSSR count). The Bertz CT molecular complexity index is 233. The third-order valence-corrected chi connectivity index (χ3v) is 3.61. The molecule has 1 saturated heterocycles. The lowest BCUT2D eigenvalue weighted by Crippen LogP contribution is -2.26. The van der Waals surface area contributed by atoms with E-state index in [1.54, 1.807) is 0 Å². The molecular weight excluding hydrogens is 202 g/mol. The van der Waals surface area contributed by atoms with Crippen LogP contribution in [-0.2, 0) is 4.79 Å². The van der Waals surface area contributed by atoms with Crippen LogP contribution in [0.4, 0.5) is 0 Å². The van der Waals surface area contributed by atoms with Crippen molar-refractivity contribution in [2.24, 2.45) is 11.3 Å². The molecule has 0 aromatic rings. The summed E-state index contributed by atoms with van der Waals surface area (Å²) in [6.07, 6.45) is 3.44. The Morgan fingerprint density at radius 3 is 2.56 bits per heavy atom. The van der Waals surface area contributed by atoms with Crippen LogP contribution in [0.3, 0.4) is 0 Å². The van der Waals surface area contributed by atoms with E-state index >= 15 is 0 Å². The number of carboxylic acids is 1. The molecule has 0 aromatic carbocycles. The number of carboxylic acid groups (broad SMARTS) is 1. The van der Waals surface area contributed by atoms with E-state index < -0.39 is 5.97 Å². The molecule has 1 aliphatic heterocycles. The van der Waals surface area contributed by atoms with Gasteiger partial charge in [-0.15, -0.1) is 0 Å². The van der Waals surface area contributed by atoms with Crippen molar-refractivity contribution >= 4 is 5.97 Å². The summed E-state index contributed by atoms with van der Waals surface area (Å²) in [4.78, 5) is 12.8. The van der Waals surface area contributed by atoms with Gasteiger partial charge in [0.05, 0.1) is 0 Å². The van der Waals surface area contributed by atoms with Crippen LogP contribution in [-0.4, -0.2) is 35.6 Å². The molecule has 16 heavy (non-hydrogen) atoms. The average Bonchev–Trinajstić information content (AvgIpc) is 2.59. The molecule has 3 nitrogen and oxygen atoms in total. The molecule has 1 heterocycles. The summed E-state index contributed by atoms with van der Waals surface area (Å²) in [6.45, 7) is 10.4. The normalized spacial score (nSPS) is 22.6. The van der Waals surface area contributed by atoms with Crippen molar-refractivity contribution in [3.05, 3.63) is 0 Å². The molecule has 3 heteroatoms. The largest absolute Gasteiger partial charge is 0.481 e. The second kappa shape index (κ2) is 5.67. The molecule has 94 valence electrons. The molecule has 0 saturated carbocycles. The third kappa shape index (κ3) is 4.52. The standard InChI is InChI=1S/C13H25NO2/c1-13(2,3)11-7-9-14(10-11)8-5-4-6-12(15)16/h11H,4-10H2,1-3H3,(H,15,16). The van der Waals surface area contributed by atoms with E-state index in [0.717, 1.165) is 25.3 Å². The molecule has 0 aliphatic carbocycles. The van der Waals surface area contributed by atoms with E-state index in [4.69, 9.17) is 5.11 Å². The van der Waals surface area contributed by atoms with E-state index in [1.165, 1.54) is 19.5 Å². The van der Waals surface area contributed by atoms with Crippen molar-refractivity contribution in [1.29, 1.82) is 0 Å². The summed E-state index contributed by atoms with van der Waals surface area (Å²) in [7, 11) is 0. The first-order valence-corrected chi connectivity index (χ1v) is 6.34. The molecule has 1 atom stereocenters. The highest BCUT2D eigenvalue weighted by molar-refractivity contribution is 5.66. The summed E-state index contributed by atoms with van der Waals surface area (Å²) in [5.74, 6) is 0.126. The molecular formula is C13H25NO2. The smallest absolute Gasteiger partial charge is 0.303 e. The lowest BCUT2D eigenvalue weighted by atomic mass is 9.80. The number of aliphatic carboxylic acids is 1. The minimum atomic E-state index is -0.672. The van der Waals surface area contributed by atoms with Crippen LogP contribution in [0.15, 0.2) is 0 Å². The number of hydrogen-bond acceptors (Lipinski definition) is 2. The fourth-order valence-corrected chi connectivity index (χ4v) is 2.35. The first-order valence-electron chi connectivity index (χ1n) is 6.34. The van der Waals surface area contributed by atoms with Crippen molar-refractivity contribution in [3.63, 3.8) is 0 Å². The van der Waals surface area contributed by atoms with Gasteiger partial charge < -0.3 is 10.0 Å². The molecule has 1 N–H and O–H groups in total. The Hall–Kier alpha value is -0.570. The molecule has 0 bridgehead atoms. The van der Waals surface area contributed by atoms with Gasteiger partial charge in [0.1, 0.15) is 0 Å². The molecule has 0 amide bonds. The maximum absolute atomic E-state index is 10.4. The lowest BCUT2D eigenvalue weighted by Gasteiger charge is -2.27. The minimum Gasteiger partial charge on any atom is -0.481 e. The number of carbonyl (C=O) groups is 1. The molecule has 1 aliphatic rings. The van der Waals surface area contributed by atoms with Crippen molar-refractivity contribution < 1.29 is 9.90 Å². The maximum Gasteiger partial charge on any atom is 0.303 e. The van der Waals surface area contributed by atoms with Gasteiger partial charge in [-0.1, -0.05) is 20.8 Å². The Morgan fingerprint density at radius 1 is 1.38 bits per heavy atom. The van der Waals surface area contributed by atoms with E-state index in [0.29, 0.717) is 11.8 Å². The topological polar surface area (TPSA) is 40.5 Å². The van der Waals surface area contributed by atoms with Crippen LogP contribution in [0.2, 0.25) is 0 Å². The van der Waals surface area contributed by atoms with Crippen molar-refractivity contribution in [1.82, 2.24) is 4.90 Å². The number of likely N-dealkylation sites (tertiary alicyclic amines) is 1. The summed E-state index contributed by atoms with van der Waals surface area (Å²) >= 11 is 0. The SMILES string of the molecule is CC(C)(C)C1CCN(CCCCC(=O)O)C1. The van der Waals surface area contributed by atoms with Crippen LogP contribution in [0, 0.1) is 11.3 Å². The van der Waals surface area contributed by atoms with Crippen molar-refractivity contribution in [2.45, 2.75) is 46.5 Å². The maximum atomic E-state index is 10.4. The highest BCUT2D eigenvalue weighted by Gasteiger charge is 2.31. The molecule has 1 fully saturated rings. The van der Waals surface area contributed by atoms with Gasteiger partial charge in [0.2, 0.25) is 0 Å². The number of nitrogens with zero attached hydrogens (tertiary/aromatic N) is 1. The van der Waals surface area contributed by atoms with E-state index in [1.807, 2.05) is 0 Å². The third-order valence-electron chi connectivity index (χ3n) is 3.61. The summed E-state index contributed by atoms with van der Waals surface area (Å²) in [5, 5.41) is 8.54. The summed E-state index contributed by atoms with van der Waals surface area (Å²) in [5.41, 5.74) is 0.413. The van der Waals surface area contributed by atoms with Gasteiger partial charge >= 0.3 is 5.97 Å². The lowest BCUT2D eigenvalue weighted by molar-refractivity contribution is -0.137. The number of rotatable bonds is 5. The average molecular weight is 227 g/mol. The predicted octanol–water partition coefficient (Wildman–Crippen LogP) is 2.61.